The van der Waals surface area contributed by atoms with Gasteiger partial charge < -0.3 is 14.6 Å². The molecule has 4 rings (SSSR count). The number of hydrogen-bond acceptors (Lipinski definition) is 5. The minimum atomic E-state index is -0.523. The van der Waals surface area contributed by atoms with Gasteiger partial charge in [-0.1, -0.05) is 15.9 Å². The van der Waals surface area contributed by atoms with Gasteiger partial charge in [-0.2, -0.15) is 0 Å². The van der Waals surface area contributed by atoms with Crippen LogP contribution >= 0.6 is 15.9 Å². The molecule has 1 aromatic heterocycles. The van der Waals surface area contributed by atoms with Crippen molar-refractivity contribution in [3.05, 3.63) is 45.4 Å². The van der Waals surface area contributed by atoms with Crippen LogP contribution in [0.5, 0.6) is 0 Å². The number of amidine groups is 1. The number of aryl methyl sites for hydroxylation is 1. The molecule has 0 radical (unpaired) electrons. The van der Waals surface area contributed by atoms with Crippen molar-refractivity contribution in [3.8, 4) is 0 Å². The summed E-state index contributed by atoms with van der Waals surface area (Å²) in [5, 5.41) is 2.59. The number of nitrogens with zero attached hydrogens (tertiary/aromatic N) is 3. The highest BCUT2D eigenvalue weighted by atomic mass is 79.9. The summed E-state index contributed by atoms with van der Waals surface area (Å²) in [5.74, 6) is 0.462. The molecule has 0 atom stereocenters. The Kier molecular flexibility index (Phi) is 3.49. The van der Waals surface area contributed by atoms with Crippen molar-refractivity contribution >= 4 is 45.6 Å². The van der Waals surface area contributed by atoms with Gasteiger partial charge in [-0.15, -0.1) is 0 Å². The maximum atomic E-state index is 14.0. The lowest BCUT2D eigenvalue weighted by atomic mass is 10.1. The zero-order chi connectivity index (χ0) is 16.8. The van der Waals surface area contributed by atoms with Gasteiger partial charge in [-0.3, -0.25) is 9.79 Å². The van der Waals surface area contributed by atoms with E-state index in [1.54, 1.807) is 19.3 Å². The van der Waals surface area contributed by atoms with Crippen molar-refractivity contribution in [1.82, 2.24) is 4.90 Å². The van der Waals surface area contributed by atoms with Crippen LogP contribution in [0.4, 0.5) is 16.0 Å². The van der Waals surface area contributed by atoms with Crippen molar-refractivity contribution in [2.45, 2.75) is 6.92 Å². The number of nitrogens with one attached hydrogen (secondary N) is 1. The lowest BCUT2D eigenvalue weighted by molar-refractivity contribution is 0.102. The number of fused-ring (bicyclic) bond motifs is 3. The van der Waals surface area contributed by atoms with Gasteiger partial charge in [0.1, 0.15) is 23.8 Å². The first kappa shape index (κ1) is 15.1. The minimum Gasteiger partial charge on any atom is -0.442 e. The molecule has 2 aliphatic rings. The highest BCUT2D eigenvalue weighted by Gasteiger charge is 2.33. The first-order chi connectivity index (χ1) is 11.5. The Morgan fingerprint density at radius 3 is 3.08 bits per heavy atom. The summed E-state index contributed by atoms with van der Waals surface area (Å²) in [6.45, 7) is 3.03. The van der Waals surface area contributed by atoms with Gasteiger partial charge in [0.15, 0.2) is 0 Å². The molecule has 0 unspecified atom stereocenters. The van der Waals surface area contributed by atoms with Gasteiger partial charge in [-0.25, -0.2) is 9.38 Å². The van der Waals surface area contributed by atoms with Crippen LogP contribution < -0.4 is 5.32 Å². The summed E-state index contributed by atoms with van der Waals surface area (Å²) >= 11 is 3.19. The minimum absolute atomic E-state index is 0.0991. The molecule has 122 valence electrons. The monoisotopic (exact) mass is 390 g/mol. The van der Waals surface area contributed by atoms with Gasteiger partial charge in [-0.05, 0) is 25.1 Å². The van der Waals surface area contributed by atoms with Crippen LogP contribution in [0.25, 0.3) is 0 Å². The number of rotatable bonds is 2. The predicted molar refractivity (Wildman–Crippen MR) is 91.8 cm³/mol. The Bertz CT molecular complexity index is 919. The van der Waals surface area contributed by atoms with Crippen LogP contribution in [0.15, 0.2) is 37.1 Å². The molecule has 0 aliphatic carbocycles. The van der Waals surface area contributed by atoms with E-state index in [0.29, 0.717) is 46.2 Å². The molecule has 2 aliphatic heterocycles. The topological polar surface area (TPSA) is 70.2 Å². The molecule has 0 bridgehead atoms. The maximum absolute atomic E-state index is 14.0. The highest BCUT2D eigenvalue weighted by Crippen LogP contribution is 2.35. The summed E-state index contributed by atoms with van der Waals surface area (Å²) in [6, 6.07) is 4.45. The first-order valence-electron chi connectivity index (χ1n) is 7.30. The quantitative estimate of drug-likeness (QED) is 0.852. The number of carbonyl (C=O) groups is 1. The number of amides is 1. The Morgan fingerprint density at radius 2 is 2.29 bits per heavy atom. The largest absolute Gasteiger partial charge is 0.442 e. The normalized spacial score (nSPS) is 15.1. The van der Waals surface area contributed by atoms with E-state index in [1.165, 1.54) is 12.1 Å². The van der Waals surface area contributed by atoms with Gasteiger partial charge in [0.25, 0.3) is 5.91 Å². The third-order valence-corrected chi connectivity index (χ3v) is 4.38. The van der Waals surface area contributed by atoms with Crippen LogP contribution in [0.3, 0.4) is 0 Å². The lowest BCUT2D eigenvalue weighted by Gasteiger charge is -2.18. The molecule has 0 spiro atoms. The third-order valence-electron chi connectivity index (χ3n) is 3.88. The zero-order valence-electron chi connectivity index (χ0n) is 12.6. The number of furan rings is 1. The Morgan fingerprint density at radius 1 is 1.46 bits per heavy atom. The molecule has 3 heterocycles. The molecule has 0 saturated carbocycles. The average Bonchev–Trinajstić information content (AvgIpc) is 3.12. The van der Waals surface area contributed by atoms with E-state index in [4.69, 9.17) is 4.42 Å². The summed E-state index contributed by atoms with van der Waals surface area (Å²) in [7, 11) is 0. The van der Waals surface area contributed by atoms with Gasteiger partial charge in [0.2, 0.25) is 5.88 Å². The van der Waals surface area contributed by atoms with Gasteiger partial charge in [0.05, 0.1) is 23.4 Å². The molecule has 6 nitrogen and oxygen atoms in total. The number of anilines is 1. The molecule has 2 aromatic rings. The molecule has 0 fully saturated rings. The van der Waals surface area contributed by atoms with Gasteiger partial charge >= 0.3 is 0 Å². The van der Waals surface area contributed by atoms with Crippen LogP contribution in [-0.2, 0) is 0 Å². The molecule has 1 aromatic carbocycles. The predicted octanol–water partition coefficient (Wildman–Crippen LogP) is 3.48. The number of aliphatic imine (C=N–C) groups is 2. The van der Waals surface area contributed by atoms with Crippen molar-refractivity contribution < 1.29 is 13.6 Å². The lowest BCUT2D eigenvalue weighted by Crippen LogP contribution is -2.30. The van der Waals surface area contributed by atoms with Crippen LogP contribution in [-0.4, -0.2) is 36.1 Å². The fourth-order valence-corrected chi connectivity index (χ4v) is 3.13. The SMILES string of the molecule is Cc1oc2c(c1C(=O)Nc1ccc(Br)cc1F)C1=NCCN1C=N2. The summed E-state index contributed by atoms with van der Waals surface area (Å²) in [5.41, 5.74) is 0.986. The fourth-order valence-electron chi connectivity index (χ4n) is 2.80. The standard InChI is InChI=1S/C16H12BrFN4O2/c1-8-12(15(23)21-11-3-2-9(17)6-10(11)18)13-14-19-4-5-22(14)7-20-16(13)24-8/h2-3,6-7H,4-5H2,1H3,(H,21,23). The van der Waals surface area contributed by atoms with Crippen molar-refractivity contribution in [2.24, 2.45) is 9.98 Å². The Balaban J connectivity index is 1.74. The van der Waals surface area contributed by atoms with Crippen molar-refractivity contribution in [2.75, 3.05) is 18.4 Å². The smallest absolute Gasteiger partial charge is 0.260 e. The average molecular weight is 391 g/mol. The molecule has 0 saturated heterocycles. The molecular formula is C16H12BrFN4O2. The Labute approximate surface area is 145 Å². The summed E-state index contributed by atoms with van der Waals surface area (Å²) in [6.07, 6.45) is 1.65. The summed E-state index contributed by atoms with van der Waals surface area (Å²) in [4.78, 5) is 23.2. The first-order valence-corrected chi connectivity index (χ1v) is 8.09. The zero-order valence-corrected chi connectivity index (χ0v) is 14.2. The number of benzene rings is 1. The van der Waals surface area contributed by atoms with Gasteiger partial charge in [0, 0.05) is 11.0 Å². The fraction of sp³-hybridized carbons (Fsp3) is 0.188. The number of halogens is 2. The third kappa shape index (κ3) is 2.34. The number of hydrogen-bond donors (Lipinski definition) is 1. The second kappa shape index (κ2) is 5.55. The van der Waals surface area contributed by atoms with Crippen LogP contribution in [0.2, 0.25) is 0 Å². The summed E-state index contributed by atoms with van der Waals surface area (Å²) < 4.78 is 20.2. The highest BCUT2D eigenvalue weighted by molar-refractivity contribution is 9.10. The van der Waals surface area contributed by atoms with E-state index in [0.717, 1.165) is 0 Å². The number of carbonyl (C=O) groups excluding carboxylic acids is 1. The van der Waals surface area contributed by atoms with E-state index in [1.807, 2.05) is 4.90 Å². The van der Waals surface area contributed by atoms with E-state index < -0.39 is 11.7 Å². The van der Waals surface area contributed by atoms with E-state index in [2.05, 4.69) is 31.2 Å². The Hall–Kier alpha value is -2.48. The molecular weight excluding hydrogens is 379 g/mol. The second-order valence-corrected chi connectivity index (χ2v) is 6.35. The van der Waals surface area contributed by atoms with E-state index in [9.17, 15) is 9.18 Å². The maximum Gasteiger partial charge on any atom is 0.260 e. The van der Waals surface area contributed by atoms with E-state index in [-0.39, 0.29) is 5.69 Å². The second-order valence-electron chi connectivity index (χ2n) is 5.43. The van der Waals surface area contributed by atoms with Crippen molar-refractivity contribution in [3.63, 3.8) is 0 Å². The molecule has 24 heavy (non-hydrogen) atoms. The van der Waals surface area contributed by atoms with Crippen molar-refractivity contribution in [1.29, 1.82) is 0 Å². The van der Waals surface area contributed by atoms with E-state index >= 15 is 0 Å². The van der Waals surface area contributed by atoms with Crippen LogP contribution in [0, 0.1) is 12.7 Å². The molecule has 1 amide bonds. The van der Waals surface area contributed by atoms with Crippen LogP contribution in [0.1, 0.15) is 21.7 Å². The molecule has 8 heteroatoms. The molecule has 1 N–H and O–H groups in total.